The first-order valence-corrected chi connectivity index (χ1v) is 6.80. The first-order chi connectivity index (χ1) is 9.69. The third-order valence-corrected chi connectivity index (χ3v) is 3.52. The van der Waals surface area contributed by atoms with Crippen LogP contribution in [-0.4, -0.2) is 36.7 Å². The Morgan fingerprint density at radius 1 is 1.33 bits per heavy atom. The van der Waals surface area contributed by atoms with Gasteiger partial charge in [-0.15, -0.1) is 0 Å². The number of carbonyl (C=O) groups is 2. The minimum absolute atomic E-state index is 0.298. The molecule has 1 aromatic carbocycles. The lowest BCUT2D eigenvalue weighted by Crippen LogP contribution is -2.53. The normalized spacial score (nSPS) is 13.2. The minimum atomic E-state index is -1.28. The molecular formula is C15H23N3O3. The van der Waals surface area contributed by atoms with Crippen molar-refractivity contribution in [2.45, 2.75) is 32.7 Å². The number of benzene rings is 1. The number of aryl methyl sites for hydroxylation is 1. The predicted molar refractivity (Wildman–Crippen MR) is 84.0 cm³/mol. The van der Waals surface area contributed by atoms with Gasteiger partial charge in [0.2, 0.25) is 0 Å². The van der Waals surface area contributed by atoms with Crippen molar-refractivity contribution in [2.24, 2.45) is 0 Å². The zero-order valence-electron chi connectivity index (χ0n) is 13.2. The van der Waals surface area contributed by atoms with Gasteiger partial charge in [0.1, 0.15) is 5.54 Å². The molecule has 0 aliphatic carbocycles. The van der Waals surface area contributed by atoms with E-state index < -0.39 is 17.5 Å². The van der Waals surface area contributed by atoms with E-state index in [4.69, 9.17) is 5.11 Å². The average Bonchev–Trinajstić information content (AvgIpc) is 2.40. The number of carbonyl (C=O) groups excluding carboxylic acids is 1. The molecule has 0 aliphatic heterocycles. The van der Waals surface area contributed by atoms with Crippen molar-refractivity contribution >= 4 is 23.4 Å². The summed E-state index contributed by atoms with van der Waals surface area (Å²) in [6, 6.07) is 5.00. The Balaban J connectivity index is 2.85. The third kappa shape index (κ3) is 4.11. The average molecular weight is 293 g/mol. The number of nitrogens with one attached hydrogen (secondary N) is 2. The highest BCUT2D eigenvalue weighted by atomic mass is 16.4. The molecule has 0 fully saturated rings. The van der Waals surface area contributed by atoms with Crippen LogP contribution < -0.4 is 15.5 Å². The second-order valence-electron chi connectivity index (χ2n) is 5.47. The Labute approximate surface area is 125 Å². The van der Waals surface area contributed by atoms with Gasteiger partial charge in [-0.2, -0.15) is 0 Å². The third-order valence-electron chi connectivity index (χ3n) is 3.52. The van der Waals surface area contributed by atoms with Crippen LogP contribution in [0.1, 0.15) is 25.8 Å². The fourth-order valence-corrected chi connectivity index (χ4v) is 1.87. The zero-order valence-corrected chi connectivity index (χ0v) is 13.2. The smallest absolute Gasteiger partial charge is 0.329 e. The number of rotatable bonds is 5. The van der Waals surface area contributed by atoms with Gasteiger partial charge in [-0.05, 0) is 38.0 Å². The second kappa shape index (κ2) is 6.47. The van der Waals surface area contributed by atoms with Crippen LogP contribution in [0.3, 0.4) is 0 Å². The van der Waals surface area contributed by atoms with E-state index in [1.807, 2.05) is 38.1 Å². The number of hydrogen-bond donors (Lipinski definition) is 3. The van der Waals surface area contributed by atoms with E-state index in [-0.39, 0.29) is 0 Å². The number of hydrogen-bond acceptors (Lipinski definition) is 3. The molecule has 0 radical (unpaired) electrons. The van der Waals surface area contributed by atoms with Gasteiger partial charge in [-0.3, -0.25) is 0 Å². The maximum absolute atomic E-state index is 12.0. The van der Waals surface area contributed by atoms with Crippen molar-refractivity contribution in [1.82, 2.24) is 5.32 Å². The Kier molecular flexibility index (Phi) is 5.18. The molecule has 21 heavy (non-hydrogen) atoms. The quantitative estimate of drug-likeness (QED) is 0.779. The molecule has 1 aromatic rings. The summed E-state index contributed by atoms with van der Waals surface area (Å²) in [4.78, 5) is 25.1. The molecular weight excluding hydrogens is 270 g/mol. The number of urea groups is 1. The highest BCUT2D eigenvalue weighted by Gasteiger charge is 2.32. The Bertz CT molecular complexity index is 543. The SMILES string of the molecule is CCC(C)(NC(=O)Nc1ccc(C)c(N(C)C)c1)C(=O)O. The van der Waals surface area contributed by atoms with E-state index in [2.05, 4.69) is 10.6 Å². The van der Waals surface area contributed by atoms with Gasteiger partial charge in [-0.25, -0.2) is 9.59 Å². The molecule has 0 saturated heterocycles. The summed E-state index contributed by atoms with van der Waals surface area (Å²) >= 11 is 0. The van der Waals surface area contributed by atoms with E-state index in [1.54, 1.807) is 13.0 Å². The summed E-state index contributed by atoms with van der Waals surface area (Å²) in [5.74, 6) is -1.06. The first kappa shape index (κ1) is 16.8. The highest BCUT2D eigenvalue weighted by Crippen LogP contribution is 2.22. The number of nitrogens with zero attached hydrogens (tertiary/aromatic N) is 1. The van der Waals surface area contributed by atoms with Crippen molar-refractivity contribution in [1.29, 1.82) is 0 Å². The van der Waals surface area contributed by atoms with Crippen LogP contribution in [0.25, 0.3) is 0 Å². The van der Waals surface area contributed by atoms with Crippen LogP contribution >= 0.6 is 0 Å². The van der Waals surface area contributed by atoms with Crippen LogP contribution in [-0.2, 0) is 4.79 Å². The van der Waals surface area contributed by atoms with Crippen molar-refractivity contribution < 1.29 is 14.7 Å². The topological polar surface area (TPSA) is 81.7 Å². The van der Waals surface area contributed by atoms with E-state index in [0.717, 1.165) is 11.3 Å². The largest absolute Gasteiger partial charge is 0.480 e. The maximum atomic E-state index is 12.0. The maximum Gasteiger partial charge on any atom is 0.329 e. The molecule has 0 bridgehead atoms. The molecule has 0 spiro atoms. The van der Waals surface area contributed by atoms with Crippen LogP contribution in [0.4, 0.5) is 16.2 Å². The number of carboxylic acid groups (broad SMARTS) is 1. The summed E-state index contributed by atoms with van der Waals surface area (Å²) < 4.78 is 0. The van der Waals surface area contributed by atoms with Gasteiger partial charge in [0.25, 0.3) is 0 Å². The van der Waals surface area contributed by atoms with Crippen molar-refractivity contribution in [3.63, 3.8) is 0 Å². The first-order valence-electron chi connectivity index (χ1n) is 6.80. The van der Waals surface area contributed by atoms with Crippen molar-refractivity contribution in [3.8, 4) is 0 Å². The zero-order chi connectivity index (χ0) is 16.2. The van der Waals surface area contributed by atoms with Crippen LogP contribution in [0, 0.1) is 6.92 Å². The molecule has 2 amide bonds. The van der Waals surface area contributed by atoms with Crippen molar-refractivity contribution in [2.75, 3.05) is 24.3 Å². The van der Waals surface area contributed by atoms with Crippen molar-refractivity contribution in [3.05, 3.63) is 23.8 Å². The predicted octanol–water partition coefficient (Wildman–Crippen LogP) is 2.44. The lowest BCUT2D eigenvalue weighted by atomic mass is 10.00. The summed E-state index contributed by atoms with van der Waals surface area (Å²) in [7, 11) is 3.84. The second-order valence-corrected chi connectivity index (χ2v) is 5.47. The number of amides is 2. The summed E-state index contributed by atoms with van der Waals surface area (Å²) in [5.41, 5.74) is 1.42. The molecule has 1 unspecified atom stereocenters. The fraction of sp³-hybridized carbons (Fsp3) is 0.467. The summed E-state index contributed by atoms with van der Waals surface area (Å²) in [5, 5.41) is 14.3. The standard InChI is InChI=1S/C15H23N3O3/c1-6-15(3,13(19)20)17-14(21)16-11-8-7-10(2)12(9-11)18(4)5/h7-9H,6H2,1-5H3,(H,19,20)(H2,16,17,21). The van der Waals surface area contributed by atoms with Crippen LogP contribution in [0.15, 0.2) is 18.2 Å². The van der Waals surface area contributed by atoms with E-state index >= 15 is 0 Å². The van der Waals surface area contributed by atoms with Crippen LogP contribution in [0.5, 0.6) is 0 Å². The lowest BCUT2D eigenvalue weighted by Gasteiger charge is -2.25. The minimum Gasteiger partial charge on any atom is -0.480 e. The lowest BCUT2D eigenvalue weighted by molar-refractivity contribution is -0.143. The van der Waals surface area contributed by atoms with E-state index in [9.17, 15) is 9.59 Å². The molecule has 6 nitrogen and oxygen atoms in total. The van der Waals surface area contributed by atoms with Gasteiger partial charge in [-0.1, -0.05) is 13.0 Å². The molecule has 0 heterocycles. The van der Waals surface area contributed by atoms with Gasteiger partial charge in [0.15, 0.2) is 0 Å². The van der Waals surface area contributed by atoms with Gasteiger partial charge in [0.05, 0.1) is 0 Å². The Hall–Kier alpha value is -2.24. The molecule has 116 valence electrons. The Morgan fingerprint density at radius 3 is 2.43 bits per heavy atom. The molecule has 1 rings (SSSR count). The molecule has 3 N–H and O–H groups in total. The van der Waals surface area contributed by atoms with Gasteiger partial charge >= 0.3 is 12.0 Å². The van der Waals surface area contributed by atoms with E-state index in [1.165, 1.54) is 6.92 Å². The van der Waals surface area contributed by atoms with Crippen LogP contribution in [0.2, 0.25) is 0 Å². The number of aliphatic carboxylic acids is 1. The fourth-order valence-electron chi connectivity index (χ4n) is 1.87. The number of carboxylic acids is 1. The van der Waals surface area contributed by atoms with Gasteiger partial charge in [0, 0.05) is 25.5 Å². The number of anilines is 2. The summed E-state index contributed by atoms with van der Waals surface area (Å²) in [6.07, 6.45) is 0.298. The molecule has 1 atom stereocenters. The molecule has 6 heteroatoms. The molecule has 0 aromatic heterocycles. The summed E-state index contributed by atoms with van der Waals surface area (Å²) in [6.45, 7) is 5.18. The van der Waals surface area contributed by atoms with Gasteiger partial charge < -0.3 is 20.6 Å². The highest BCUT2D eigenvalue weighted by molar-refractivity contribution is 5.94. The molecule has 0 saturated carbocycles. The van der Waals surface area contributed by atoms with E-state index in [0.29, 0.717) is 12.1 Å². The Morgan fingerprint density at radius 2 is 1.95 bits per heavy atom. The monoisotopic (exact) mass is 293 g/mol. The molecule has 0 aliphatic rings.